The van der Waals surface area contributed by atoms with Crippen LogP contribution in [0.1, 0.15) is 35.6 Å². The first-order valence-electron chi connectivity index (χ1n) is 10.8. The minimum Gasteiger partial charge on any atom is -0.468 e. The molecule has 1 heterocycles. The lowest BCUT2D eigenvalue weighted by Crippen LogP contribution is -2.39. The topological polar surface area (TPSA) is 57.5 Å². The number of aryl methyl sites for hydroxylation is 1. The Kier molecular flexibility index (Phi) is 5.68. The zero-order valence-electron chi connectivity index (χ0n) is 19.1. The molecule has 0 aliphatic heterocycles. The summed E-state index contributed by atoms with van der Waals surface area (Å²) in [4.78, 5) is 25.7. The second-order valence-electron chi connectivity index (χ2n) is 8.67. The molecule has 1 saturated carbocycles. The van der Waals surface area contributed by atoms with Crippen molar-refractivity contribution in [1.82, 2.24) is 4.57 Å². The molecule has 0 unspecified atom stereocenters. The standard InChI is InChI=1S/C27H29NO4/c1-17-15-27(25(29)31-4,26(30)32-5)16-21(17)24(19-11-7-6-8-12-19)23-18(2)28(3)22-14-10-9-13-20(22)23/h6-14,21,24H,1,15-16H2,2-5H3/t21-,24-/m0/s1. The van der Waals surface area contributed by atoms with Crippen LogP contribution in [-0.4, -0.2) is 30.7 Å². The summed E-state index contributed by atoms with van der Waals surface area (Å²) in [5.41, 5.74) is 4.13. The van der Waals surface area contributed by atoms with Gasteiger partial charge in [0.2, 0.25) is 0 Å². The highest BCUT2D eigenvalue weighted by Gasteiger charge is 2.56. The summed E-state index contributed by atoms with van der Waals surface area (Å²) >= 11 is 0. The number of aromatic nitrogens is 1. The SMILES string of the molecule is C=C1CC(C(=O)OC)(C(=O)OC)C[C@@H]1[C@H](c1ccccc1)c1c(C)n(C)c2ccccc12. The Hall–Kier alpha value is -3.34. The van der Waals surface area contributed by atoms with Gasteiger partial charge in [0.1, 0.15) is 0 Å². The Morgan fingerprint density at radius 1 is 1.03 bits per heavy atom. The Morgan fingerprint density at radius 2 is 1.62 bits per heavy atom. The first kappa shape index (κ1) is 21.9. The second kappa shape index (κ2) is 8.30. The number of hydrogen-bond donors (Lipinski definition) is 0. The van der Waals surface area contributed by atoms with E-state index in [1.54, 1.807) is 0 Å². The number of ether oxygens (including phenoxy) is 2. The Morgan fingerprint density at radius 3 is 2.25 bits per heavy atom. The van der Waals surface area contributed by atoms with E-state index in [0.717, 1.165) is 22.3 Å². The zero-order chi connectivity index (χ0) is 23.0. The highest BCUT2D eigenvalue weighted by Crippen LogP contribution is 2.54. The molecule has 0 amide bonds. The van der Waals surface area contributed by atoms with Crippen molar-refractivity contribution in [2.75, 3.05) is 14.2 Å². The lowest BCUT2D eigenvalue weighted by atomic mass is 9.75. The van der Waals surface area contributed by atoms with Crippen LogP contribution >= 0.6 is 0 Å². The maximum Gasteiger partial charge on any atom is 0.323 e. The molecule has 166 valence electrons. The summed E-state index contributed by atoms with van der Waals surface area (Å²) < 4.78 is 12.3. The summed E-state index contributed by atoms with van der Waals surface area (Å²) in [6.07, 6.45) is 0.525. The normalized spacial score (nSPS) is 18.5. The monoisotopic (exact) mass is 431 g/mol. The van der Waals surface area contributed by atoms with Crippen molar-refractivity contribution in [3.05, 3.63) is 83.6 Å². The van der Waals surface area contributed by atoms with Gasteiger partial charge in [-0.2, -0.15) is 0 Å². The van der Waals surface area contributed by atoms with Gasteiger partial charge in [0.15, 0.2) is 5.41 Å². The largest absolute Gasteiger partial charge is 0.468 e. The number of carbonyl (C=O) groups excluding carboxylic acids is 2. The van der Waals surface area contributed by atoms with Gasteiger partial charge in [-0.05, 0) is 42.9 Å². The van der Waals surface area contributed by atoms with Gasteiger partial charge in [0, 0.05) is 29.6 Å². The summed E-state index contributed by atoms with van der Waals surface area (Å²) in [7, 11) is 4.69. The maximum absolute atomic E-state index is 12.8. The van der Waals surface area contributed by atoms with Gasteiger partial charge in [-0.1, -0.05) is 60.7 Å². The number of para-hydroxylation sites is 1. The highest BCUT2D eigenvalue weighted by molar-refractivity contribution is 6.01. The van der Waals surface area contributed by atoms with Crippen molar-refractivity contribution in [2.45, 2.75) is 25.7 Å². The van der Waals surface area contributed by atoms with E-state index in [1.165, 1.54) is 25.2 Å². The van der Waals surface area contributed by atoms with E-state index in [9.17, 15) is 9.59 Å². The second-order valence-corrected chi connectivity index (χ2v) is 8.67. The molecule has 0 saturated heterocycles. The first-order chi connectivity index (χ1) is 15.4. The van der Waals surface area contributed by atoms with E-state index in [-0.39, 0.29) is 18.3 Å². The number of methoxy groups -OCH3 is 2. The van der Waals surface area contributed by atoms with Crippen molar-refractivity contribution >= 4 is 22.8 Å². The number of nitrogens with zero attached hydrogens (tertiary/aromatic N) is 1. The number of allylic oxidation sites excluding steroid dienone is 1. The Balaban J connectivity index is 1.93. The molecule has 0 spiro atoms. The number of hydrogen-bond acceptors (Lipinski definition) is 4. The van der Waals surface area contributed by atoms with Gasteiger partial charge >= 0.3 is 11.9 Å². The molecule has 0 N–H and O–H groups in total. The van der Waals surface area contributed by atoms with Gasteiger partial charge in [0.25, 0.3) is 0 Å². The third kappa shape index (κ3) is 3.24. The fraction of sp³-hybridized carbons (Fsp3) is 0.333. The van der Waals surface area contributed by atoms with Crippen LogP contribution in [0.3, 0.4) is 0 Å². The average molecular weight is 432 g/mol. The van der Waals surface area contributed by atoms with Crippen molar-refractivity contribution in [2.24, 2.45) is 18.4 Å². The zero-order valence-corrected chi connectivity index (χ0v) is 19.1. The molecule has 5 heteroatoms. The summed E-state index contributed by atoms with van der Waals surface area (Å²) in [5, 5.41) is 1.17. The minimum absolute atomic E-state index is 0.0639. The molecular formula is C27H29NO4. The van der Waals surface area contributed by atoms with Crippen LogP contribution in [0.4, 0.5) is 0 Å². The molecule has 5 nitrogen and oxygen atoms in total. The third-order valence-electron chi connectivity index (χ3n) is 7.09. The molecule has 2 aromatic carbocycles. The van der Waals surface area contributed by atoms with Crippen LogP contribution in [0.2, 0.25) is 0 Å². The predicted molar refractivity (Wildman–Crippen MR) is 124 cm³/mol. The van der Waals surface area contributed by atoms with Gasteiger partial charge < -0.3 is 14.0 Å². The van der Waals surface area contributed by atoms with E-state index in [2.05, 4.69) is 49.4 Å². The van der Waals surface area contributed by atoms with Crippen molar-refractivity contribution in [1.29, 1.82) is 0 Å². The summed E-state index contributed by atoms with van der Waals surface area (Å²) in [5.74, 6) is -1.31. The average Bonchev–Trinajstić information content (AvgIpc) is 3.30. The van der Waals surface area contributed by atoms with Crippen molar-refractivity contribution in [3.63, 3.8) is 0 Å². The van der Waals surface area contributed by atoms with Crippen LogP contribution in [0.15, 0.2) is 66.7 Å². The molecule has 2 atom stereocenters. The molecule has 1 aromatic heterocycles. The van der Waals surface area contributed by atoms with Gasteiger partial charge in [0.05, 0.1) is 14.2 Å². The van der Waals surface area contributed by atoms with E-state index >= 15 is 0 Å². The number of benzene rings is 2. The summed E-state index contributed by atoms with van der Waals surface area (Å²) in [6.45, 7) is 6.45. The number of esters is 2. The van der Waals surface area contributed by atoms with Crippen LogP contribution in [0.25, 0.3) is 10.9 Å². The molecule has 1 fully saturated rings. The number of rotatable bonds is 5. The molecule has 1 aliphatic rings. The Labute approximate surface area is 188 Å². The van der Waals surface area contributed by atoms with Gasteiger partial charge in [-0.15, -0.1) is 0 Å². The van der Waals surface area contributed by atoms with Crippen LogP contribution in [-0.2, 0) is 26.1 Å². The van der Waals surface area contributed by atoms with Gasteiger partial charge in [-0.3, -0.25) is 9.59 Å². The molecule has 4 rings (SSSR count). The van der Waals surface area contributed by atoms with Crippen molar-refractivity contribution in [3.8, 4) is 0 Å². The lowest BCUT2D eigenvalue weighted by molar-refractivity contribution is -0.168. The third-order valence-corrected chi connectivity index (χ3v) is 7.09. The number of carbonyl (C=O) groups is 2. The van der Waals surface area contributed by atoms with Gasteiger partial charge in [-0.25, -0.2) is 0 Å². The molecule has 0 radical (unpaired) electrons. The van der Waals surface area contributed by atoms with E-state index in [4.69, 9.17) is 9.47 Å². The Bertz CT molecular complexity index is 1180. The summed E-state index contributed by atoms with van der Waals surface area (Å²) in [6, 6.07) is 18.6. The first-order valence-corrected chi connectivity index (χ1v) is 10.8. The fourth-order valence-electron chi connectivity index (χ4n) is 5.45. The van der Waals surface area contributed by atoms with Crippen molar-refractivity contribution < 1.29 is 19.1 Å². The molecular weight excluding hydrogens is 402 g/mol. The van der Waals surface area contributed by atoms with Crippen LogP contribution < -0.4 is 0 Å². The van der Waals surface area contributed by atoms with Crippen LogP contribution in [0, 0.1) is 18.3 Å². The van der Waals surface area contributed by atoms with E-state index in [1.807, 2.05) is 30.3 Å². The van der Waals surface area contributed by atoms with E-state index < -0.39 is 17.4 Å². The lowest BCUT2D eigenvalue weighted by Gasteiger charge is -2.28. The quantitative estimate of drug-likeness (QED) is 0.327. The predicted octanol–water partition coefficient (Wildman–Crippen LogP) is 4.92. The maximum atomic E-state index is 12.8. The molecule has 3 aromatic rings. The smallest absolute Gasteiger partial charge is 0.323 e. The number of fused-ring (bicyclic) bond motifs is 1. The van der Waals surface area contributed by atoms with Crippen LogP contribution in [0.5, 0.6) is 0 Å². The molecule has 0 bridgehead atoms. The molecule has 1 aliphatic carbocycles. The highest BCUT2D eigenvalue weighted by atomic mass is 16.5. The fourth-order valence-corrected chi connectivity index (χ4v) is 5.45. The minimum atomic E-state index is -1.36. The van der Waals surface area contributed by atoms with E-state index in [0.29, 0.717) is 6.42 Å². The molecule has 32 heavy (non-hydrogen) atoms.